The van der Waals surface area contributed by atoms with Gasteiger partial charge in [0.25, 0.3) is 0 Å². The Kier molecular flexibility index (Phi) is 2.89. The van der Waals surface area contributed by atoms with Crippen molar-refractivity contribution >= 4 is 5.97 Å². The molecular formula is C13H9F2NO4. The van der Waals surface area contributed by atoms with Crippen molar-refractivity contribution in [3.8, 4) is 17.0 Å². The van der Waals surface area contributed by atoms with Gasteiger partial charge in [0.2, 0.25) is 5.76 Å². The van der Waals surface area contributed by atoms with Crippen LogP contribution in [0.4, 0.5) is 8.78 Å². The van der Waals surface area contributed by atoms with E-state index < -0.39 is 23.4 Å². The van der Waals surface area contributed by atoms with Gasteiger partial charge in [0.1, 0.15) is 23.1 Å². The first kappa shape index (κ1) is 12.6. The van der Waals surface area contributed by atoms with Gasteiger partial charge in [-0.05, 0) is 12.8 Å². The quantitative estimate of drug-likeness (QED) is 0.916. The van der Waals surface area contributed by atoms with Gasteiger partial charge in [-0.25, -0.2) is 13.6 Å². The molecule has 1 aromatic heterocycles. The van der Waals surface area contributed by atoms with Crippen LogP contribution in [0.25, 0.3) is 11.3 Å². The highest BCUT2D eigenvalue weighted by molar-refractivity contribution is 5.86. The van der Waals surface area contributed by atoms with Crippen LogP contribution >= 0.6 is 0 Å². The zero-order valence-corrected chi connectivity index (χ0v) is 10.2. The summed E-state index contributed by atoms with van der Waals surface area (Å²) in [5.41, 5.74) is 0.169. The zero-order valence-electron chi connectivity index (χ0n) is 10.2. The second kappa shape index (κ2) is 4.59. The Labute approximate surface area is 111 Å². The largest absolute Gasteiger partial charge is 0.492 e. The Morgan fingerprint density at radius 1 is 1.30 bits per heavy atom. The van der Waals surface area contributed by atoms with E-state index in [9.17, 15) is 13.6 Å². The summed E-state index contributed by atoms with van der Waals surface area (Å²) in [6, 6.07) is 1.83. The van der Waals surface area contributed by atoms with E-state index in [2.05, 4.69) is 9.68 Å². The molecule has 0 saturated heterocycles. The maximum absolute atomic E-state index is 14.0. The second-order valence-corrected chi connectivity index (χ2v) is 4.36. The van der Waals surface area contributed by atoms with E-state index >= 15 is 0 Å². The molecule has 0 fully saturated rings. The highest BCUT2D eigenvalue weighted by atomic mass is 19.1. The van der Waals surface area contributed by atoms with E-state index in [1.807, 2.05) is 0 Å². The van der Waals surface area contributed by atoms with Gasteiger partial charge in [-0.3, -0.25) is 0 Å². The summed E-state index contributed by atoms with van der Waals surface area (Å²) in [6.45, 7) is 0.340. The molecule has 1 aliphatic rings. The number of carbonyl (C=O) groups is 1. The Hall–Kier alpha value is -2.44. The van der Waals surface area contributed by atoms with Crippen molar-refractivity contribution in [3.63, 3.8) is 0 Å². The predicted octanol–water partition coefficient (Wildman–Crippen LogP) is 2.64. The summed E-state index contributed by atoms with van der Waals surface area (Å²) in [6.07, 6.45) is 1.06. The van der Waals surface area contributed by atoms with Gasteiger partial charge in [0, 0.05) is 17.7 Å². The van der Waals surface area contributed by atoms with Crippen molar-refractivity contribution in [2.24, 2.45) is 0 Å². The van der Waals surface area contributed by atoms with Crippen LogP contribution < -0.4 is 4.74 Å². The molecule has 0 unspecified atom stereocenters. The molecule has 104 valence electrons. The fourth-order valence-electron chi connectivity index (χ4n) is 2.19. The van der Waals surface area contributed by atoms with Gasteiger partial charge in [0.15, 0.2) is 0 Å². The Morgan fingerprint density at radius 3 is 2.80 bits per heavy atom. The molecule has 0 bridgehead atoms. The molecule has 0 saturated carbocycles. The third kappa shape index (κ3) is 1.91. The summed E-state index contributed by atoms with van der Waals surface area (Å²) in [4.78, 5) is 10.8. The molecule has 20 heavy (non-hydrogen) atoms. The monoisotopic (exact) mass is 281 g/mol. The summed E-state index contributed by atoms with van der Waals surface area (Å²) < 4.78 is 37.6. The minimum Gasteiger partial charge on any atom is -0.492 e. The molecule has 0 spiro atoms. The highest BCUT2D eigenvalue weighted by Gasteiger charge is 2.26. The minimum atomic E-state index is -1.32. The van der Waals surface area contributed by atoms with Crippen molar-refractivity contribution in [1.82, 2.24) is 5.16 Å². The van der Waals surface area contributed by atoms with Crippen LogP contribution in [-0.4, -0.2) is 22.8 Å². The number of carboxylic acid groups (broad SMARTS) is 1. The maximum atomic E-state index is 14.0. The number of hydrogen-bond acceptors (Lipinski definition) is 4. The molecule has 1 N–H and O–H groups in total. The number of carboxylic acids is 1. The Bertz CT molecular complexity index is 696. The average molecular weight is 281 g/mol. The van der Waals surface area contributed by atoms with Gasteiger partial charge in [-0.2, -0.15) is 0 Å². The van der Waals surface area contributed by atoms with Crippen LogP contribution in [0.1, 0.15) is 22.5 Å². The van der Waals surface area contributed by atoms with Gasteiger partial charge < -0.3 is 14.4 Å². The fourth-order valence-corrected chi connectivity index (χ4v) is 2.19. The summed E-state index contributed by atoms with van der Waals surface area (Å²) in [5.74, 6) is -3.22. The Morgan fingerprint density at radius 2 is 2.10 bits per heavy atom. The summed E-state index contributed by atoms with van der Waals surface area (Å²) in [7, 11) is 0. The molecule has 0 atom stereocenters. The fraction of sp³-hybridized carbons (Fsp3) is 0.231. The number of fused-ring (bicyclic) bond motifs is 1. The zero-order chi connectivity index (χ0) is 14.3. The first-order chi connectivity index (χ1) is 9.58. The minimum absolute atomic E-state index is 0.0296. The first-order valence-electron chi connectivity index (χ1n) is 5.92. The summed E-state index contributed by atoms with van der Waals surface area (Å²) >= 11 is 0. The molecule has 1 aliphatic heterocycles. The van der Waals surface area contributed by atoms with E-state index in [0.29, 0.717) is 19.4 Å². The average Bonchev–Trinajstić information content (AvgIpc) is 2.88. The number of rotatable bonds is 2. The molecule has 2 heterocycles. The SMILES string of the molecule is O=C(O)c1cc(-c2c(F)cc(F)c3c2OCCC3)no1. The molecule has 1 aromatic carbocycles. The lowest BCUT2D eigenvalue weighted by Crippen LogP contribution is -2.12. The summed E-state index contributed by atoms with van der Waals surface area (Å²) in [5, 5.41) is 12.3. The highest BCUT2D eigenvalue weighted by Crippen LogP contribution is 2.39. The van der Waals surface area contributed by atoms with Gasteiger partial charge in [-0.1, -0.05) is 5.16 Å². The van der Waals surface area contributed by atoms with Gasteiger partial charge >= 0.3 is 5.97 Å². The van der Waals surface area contributed by atoms with Gasteiger partial charge in [-0.15, -0.1) is 0 Å². The van der Waals surface area contributed by atoms with Crippen LogP contribution in [0.5, 0.6) is 5.75 Å². The Balaban J connectivity index is 2.19. The predicted molar refractivity (Wildman–Crippen MR) is 62.6 cm³/mol. The number of aromatic nitrogens is 1. The van der Waals surface area contributed by atoms with Crippen LogP contribution in [-0.2, 0) is 6.42 Å². The van der Waals surface area contributed by atoms with E-state index in [-0.39, 0.29) is 22.6 Å². The van der Waals surface area contributed by atoms with Crippen LogP contribution in [0.15, 0.2) is 16.7 Å². The number of aromatic carboxylic acids is 1. The number of benzene rings is 1. The molecular weight excluding hydrogens is 272 g/mol. The maximum Gasteiger partial charge on any atom is 0.374 e. The number of nitrogens with zero attached hydrogens (tertiary/aromatic N) is 1. The lowest BCUT2D eigenvalue weighted by molar-refractivity contribution is 0.0652. The van der Waals surface area contributed by atoms with Crippen molar-refractivity contribution in [1.29, 1.82) is 0 Å². The second-order valence-electron chi connectivity index (χ2n) is 4.36. The lowest BCUT2D eigenvalue weighted by atomic mass is 9.99. The van der Waals surface area contributed by atoms with Crippen LogP contribution in [0.3, 0.4) is 0 Å². The molecule has 0 aliphatic carbocycles. The smallest absolute Gasteiger partial charge is 0.374 e. The molecule has 2 aromatic rings. The van der Waals surface area contributed by atoms with Crippen molar-refractivity contribution < 1.29 is 27.9 Å². The van der Waals surface area contributed by atoms with E-state index in [1.54, 1.807) is 0 Å². The number of halogens is 2. The molecule has 7 heteroatoms. The van der Waals surface area contributed by atoms with E-state index in [0.717, 1.165) is 12.1 Å². The number of ether oxygens (including phenoxy) is 1. The van der Waals surface area contributed by atoms with E-state index in [1.165, 1.54) is 0 Å². The number of hydrogen-bond donors (Lipinski definition) is 1. The van der Waals surface area contributed by atoms with Crippen molar-refractivity contribution in [2.45, 2.75) is 12.8 Å². The molecule has 0 amide bonds. The van der Waals surface area contributed by atoms with Crippen molar-refractivity contribution in [3.05, 3.63) is 35.1 Å². The topological polar surface area (TPSA) is 72.6 Å². The first-order valence-corrected chi connectivity index (χ1v) is 5.92. The molecule has 5 nitrogen and oxygen atoms in total. The molecule has 0 radical (unpaired) electrons. The van der Waals surface area contributed by atoms with E-state index in [4.69, 9.17) is 9.84 Å². The normalized spacial score (nSPS) is 13.7. The standard InChI is InChI=1S/C13H9F2NO4/c14-7-4-8(15)11(12-6(7)2-1-3-19-12)9-5-10(13(17)18)20-16-9/h4-5H,1-3H2,(H,17,18). The third-order valence-corrected chi connectivity index (χ3v) is 3.08. The third-order valence-electron chi connectivity index (χ3n) is 3.08. The van der Waals surface area contributed by atoms with Crippen molar-refractivity contribution in [2.75, 3.05) is 6.61 Å². The van der Waals surface area contributed by atoms with Crippen LogP contribution in [0, 0.1) is 11.6 Å². The lowest BCUT2D eigenvalue weighted by Gasteiger charge is -2.20. The van der Waals surface area contributed by atoms with Gasteiger partial charge in [0.05, 0.1) is 12.2 Å². The molecule has 3 rings (SSSR count). The van der Waals surface area contributed by atoms with Crippen LogP contribution in [0.2, 0.25) is 0 Å².